The van der Waals surface area contributed by atoms with Crippen molar-refractivity contribution < 1.29 is 23.5 Å². The molecule has 2 aromatic rings. The highest BCUT2D eigenvalue weighted by atomic mass is 32.1. The number of methoxy groups -OCH3 is 1. The van der Waals surface area contributed by atoms with Gasteiger partial charge < -0.3 is 24.1 Å². The first-order valence-corrected chi connectivity index (χ1v) is 11.4. The minimum absolute atomic E-state index is 0.0645. The summed E-state index contributed by atoms with van der Waals surface area (Å²) in [7, 11) is 1.64. The lowest BCUT2D eigenvalue weighted by Crippen LogP contribution is -2.40. The molecule has 0 spiro atoms. The maximum absolute atomic E-state index is 12.7. The van der Waals surface area contributed by atoms with Crippen LogP contribution in [0.15, 0.2) is 28.9 Å². The highest BCUT2D eigenvalue weighted by molar-refractivity contribution is 7.16. The van der Waals surface area contributed by atoms with Crippen LogP contribution in [0.4, 0.5) is 9.80 Å². The molecular weight excluding hydrogens is 430 g/mol. The number of anilines is 1. The van der Waals surface area contributed by atoms with Crippen LogP contribution in [-0.4, -0.2) is 49.3 Å². The number of carbonyl (C=O) groups is 2. The molecule has 0 aromatic carbocycles. The molecule has 9 heteroatoms. The van der Waals surface area contributed by atoms with Crippen LogP contribution in [0.2, 0.25) is 0 Å². The number of hydrogen-bond acceptors (Lipinski definition) is 7. The molecule has 4 rings (SSSR count). The average molecular weight is 456 g/mol. The molecule has 3 heterocycles. The normalized spacial score (nSPS) is 20.2. The zero-order valence-electron chi connectivity index (χ0n) is 17.8. The molecule has 2 unspecified atom stereocenters. The molecule has 8 nitrogen and oxygen atoms in total. The second-order valence-corrected chi connectivity index (χ2v) is 8.96. The van der Waals surface area contributed by atoms with Gasteiger partial charge in [-0.3, -0.25) is 4.79 Å². The Labute approximate surface area is 190 Å². The fraction of sp³-hybridized carbons (Fsp3) is 0.435. The van der Waals surface area contributed by atoms with Gasteiger partial charge in [0.25, 0.3) is 0 Å². The van der Waals surface area contributed by atoms with Crippen LogP contribution in [-0.2, 0) is 27.1 Å². The van der Waals surface area contributed by atoms with E-state index >= 15 is 0 Å². The van der Waals surface area contributed by atoms with E-state index in [1.807, 2.05) is 0 Å². The molecule has 1 saturated heterocycles. The van der Waals surface area contributed by atoms with Gasteiger partial charge in [0.15, 0.2) is 0 Å². The fourth-order valence-corrected chi connectivity index (χ4v) is 5.48. The number of carbonyl (C=O) groups excluding carboxylic acids is 2. The standard InChI is InChI=1S/C23H25N3O5S/c1-29-14-15-4-2-10-26(15)23(28)31-17-6-8-18-19(13-24)22(32-20(18)12-17)25-21(27)9-7-16-5-3-11-30-16/h3,5,7,9,11,15,17H,2,4,6,8,10,12,14H2,1H3,(H,25,27)/b9-7+. The van der Waals surface area contributed by atoms with Gasteiger partial charge in [0.2, 0.25) is 5.91 Å². The van der Waals surface area contributed by atoms with Gasteiger partial charge in [-0.15, -0.1) is 11.3 Å². The number of likely N-dealkylation sites (tertiary alicyclic amines) is 1. The first-order valence-electron chi connectivity index (χ1n) is 10.6. The third-order valence-corrected chi connectivity index (χ3v) is 6.92. The second kappa shape index (κ2) is 10.0. The minimum atomic E-state index is -0.335. The fourth-order valence-electron chi connectivity index (χ4n) is 4.21. The number of nitrogens with zero attached hydrogens (tertiary/aromatic N) is 2. The smallest absolute Gasteiger partial charge is 0.410 e. The molecule has 1 aliphatic carbocycles. The number of nitrogens with one attached hydrogen (secondary N) is 1. The van der Waals surface area contributed by atoms with E-state index in [1.54, 1.807) is 30.2 Å². The summed E-state index contributed by atoms with van der Waals surface area (Å²) >= 11 is 1.37. The van der Waals surface area contributed by atoms with E-state index in [2.05, 4.69) is 11.4 Å². The van der Waals surface area contributed by atoms with Gasteiger partial charge >= 0.3 is 6.09 Å². The van der Waals surface area contributed by atoms with E-state index in [0.717, 1.165) is 23.3 Å². The molecule has 2 atom stereocenters. The molecule has 2 amide bonds. The van der Waals surface area contributed by atoms with Crippen molar-refractivity contribution in [1.82, 2.24) is 4.90 Å². The van der Waals surface area contributed by atoms with E-state index in [-0.39, 0.29) is 24.1 Å². The molecule has 0 bridgehead atoms. The Kier molecular flexibility index (Phi) is 6.93. The molecule has 2 aromatic heterocycles. The summed E-state index contributed by atoms with van der Waals surface area (Å²) in [5, 5.41) is 13.0. The van der Waals surface area contributed by atoms with Crippen molar-refractivity contribution >= 4 is 34.4 Å². The summed E-state index contributed by atoms with van der Waals surface area (Å²) in [6, 6.07) is 5.77. The minimum Gasteiger partial charge on any atom is -0.465 e. The largest absolute Gasteiger partial charge is 0.465 e. The number of thiophene rings is 1. The lowest BCUT2D eigenvalue weighted by atomic mass is 9.94. The number of ether oxygens (including phenoxy) is 2. The van der Waals surface area contributed by atoms with E-state index < -0.39 is 0 Å². The van der Waals surface area contributed by atoms with Crippen LogP contribution in [0.3, 0.4) is 0 Å². The lowest BCUT2D eigenvalue weighted by molar-refractivity contribution is -0.111. The van der Waals surface area contributed by atoms with Crippen LogP contribution in [0.25, 0.3) is 6.08 Å². The van der Waals surface area contributed by atoms with Crippen LogP contribution in [0.1, 0.15) is 41.0 Å². The van der Waals surface area contributed by atoms with E-state index in [1.165, 1.54) is 23.7 Å². The van der Waals surface area contributed by atoms with Gasteiger partial charge in [0.1, 0.15) is 22.9 Å². The van der Waals surface area contributed by atoms with Gasteiger partial charge in [-0.2, -0.15) is 5.26 Å². The summed E-state index contributed by atoms with van der Waals surface area (Å²) in [4.78, 5) is 27.7. The summed E-state index contributed by atoms with van der Waals surface area (Å²) in [6.07, 6.45) is 7.63. The SMILES string of the molecule is COCC1CCCN1C(=O)OC1CCc2c(sc(NC(=O)/C=C/c3ccco3)c2C#N)C1. The number of nitriles is 1. The van der Waals surface area contributed by atoms with Crippen LogP contribution in [0, 0.1) is 11.3 Å². The van der Waals surface area contributed by atoms with Crippen molar-refractivity contribution in [3.63, 3.8) is 0 Å². The summed E-state index contributed by atoms with van der Waals surface area (Å²) < 4.78 is 16.2. The van der Waals surface area contributed by atoms with Crippen molar-refractivity contribution in [1.29, 1.82) is 5.26 Å². The van der Waals surface area contributed by atoms with Crippen LogP contribution >= 0.6 is 11.3 Å². The quantitative estimate of drug-likeness (QED) is 0.661. The molecule has 1 N–H and O–H groups in total. The predicted molar refractivity (Wildman–Crippen MR) is 119 cm³/mol. The van der Waals surface area contributed by atoms with E-state index in [0.29, 0.717) is 48.7 Å². The number of hydrogen-bond donors (Lipinski definition) is 1. The Morgan fingerprint density at radius 2 is 2.31 bits per heavy atom. The van der Waals surface area contributed by atoms with Crippen molar-refractivity contribution in [2.45, 2.75) is 44.2 Å². The average Bonchev–Trinajstić information content (AvgIpc) is 3.52. The van der Waals surface area contributed by atoms with Crippen molar-refractivity contribution in [3.05, 3.63) is 46.2 Å². The van der Waals surface area contributed by atoms with Crippen LogP contribution in [0.5, 0.6) is 0 Å². The maximum atomic E-state index is 12.7. The Hall–Kier alpha value is -3.09. The van der Waals surface area contributed by atoms with Gasteiger partial charge in [-0.1, -0.05) is 0 Å². The third kappa shape index (κ3) is 4.87. The number of rotatable bonds is 6. The van der Waals surface area contributed by atoms with Gasteiger partial charge in [0, 0.05) is 31.0 Å². The van der Waals surface area contributed by atoms with Gasteiger partial charge in [0.05, 0.1) is 24.5 Å². The number of furan rings is 1. The topological polar surface area (TPSA) is 105 Å². The van der Waals surface area contributed by atoms with Crippen molar-refractivity contribution in [2.75, 3.05) is 25.6 Å². The molecule has 1 aliphatic heterocycles. The zero-order chi connectivity index (χ0) is 22.5. The first kappa shape index (κ1) is 22.1. The third-order valence-electron chi connectivity index (χ3n) is 5.75. The summed E-state index contributed by atoms with van der Waals surface area (Å²) in [5.74, 6) is 0.235. The second-order valence-electron chi connectivity index (χ2n) is 7.85. The van der Waals surface area contributed by atoms with Crippen molar-refractivity contribution in [3.8, 4) is 6.07 Å². The zero-order valence-corrected chi connectivity index (χ0v) is 18.7. The lowest BCUT2D eigenvalue weighted by Gasteiger charge is -2.28. The molecule has 2 aliphatic rings. The first-order chi connectivity index (χ1) is 15.6. The maximum Gasteiger partial charge on any atom is 0.410 e. The van der Waals surface area contributed by atoms with Gasteiger partial charge in [-0.25, -0.2) is 4.79 Å². The predicted octanol–water partition coefficient (Wildman–Crippen LogP) is 3.97. The van der Waals surface area contributed by atoms with E-state index in [9.17, 15) is 14.9 Å². The summed E-state index contributed by atoms with van der Waals surface area (Å²) in [6.45, 7) is 1.20. The molecule has 0 radical (unpaired) electrons. The van der Waals surface area contributed by atoms with Crippen LogP contribution < -0.4 is 5.32 Å². The molecule has 32 heavy (non-hydrogen) atoms. The Bertz CT molecular complexity index is 1040. The number of fused-ring (bicyclic) bond motifs is 1. The molecule has 0 saturated carbocycles. The highest BCUT2D eigenvalue weighted by Crippen LogP contribution is 2.38. The number of amides is 2. The molecular formula is C23H25N3O5S. The summed E-state index contributed by atoms with van der Waals surface area (Å²) in [5.41, 5.74) is 1.43. The highest BCUT2D eigenvalue weighted by Gasteiger charge is 2.33. The van der Waals surface area contributed by atoms with Gasteiger partial charge in [-0.05, 0) is 49.5 Å². The Morgan fingerprint density at radius 3 is 3.06 bits per heavy atom. The molecule has 1 fully saturated rings. The Balaban J connectivity index is 1.40. The van der Waals surface area contributed by atoms with Crippen molar-refractivity contribution in [2.24, 2.45) is 0 Å². The monoisotopic (exact) mass is 455 g/mol. The van der Waals surface area contributed by atoms with E-state index in [4.69, 9.17) is 13.9 Å². The molecule has 168 valence electrons. The Morgan fingerprint density at radius 1 is 1.44 bits per heavy atom.